The highest BCUT2D eigenvalue weighted by molar-refractivity contribution is 6.31. The number of hydrogen-bond acceptors (Lipinski definition) is 2. The second kappa shape index (κ2) is 5.84. The van der Waals surface area contributed by atoms with Crippen molar-refractivity contribution in [2.45, 2.75) is 19.4 Å². The average molecular weight is 298 g/mol. The van der Waals surface area contributed by atoms with E-state index >= 15 is 0 Å². The number of aliphatic hydroxyl groups is 1. The highest BCUT2D eigenvalue weighted by Gasteiger charge is 2.14. The van der Waals surface area contributed by atoms with Crippen LogP contribution in [0.1, 0.15) is 22.8 Å². The van der Waals surface area contributed by atoms with Gasteiger partial charge in [-0.25, -0.2) is 0 Å². The number of aromatic nitrogens is 1. The molecule has 0 fully saturated rings. The number of hydrogen-bond donors (Lipinski definition) is 1. The van der Waals surface area contributed by atoms with Crippen molar-refractivity contribution in [3.63, 3.8) is 0 Å². The molecule has 106 valence electrons. The van der Waals surface area contributed by atoms with Crippen LogP contribution < -0.4 is 0 Å². The van der Waals surface area contributed by atoms with Crippen LogP contribution in [0.3, 0.4) is 0 Å². The van der Waals surface area contributed by atoms with Gasteiger partial charge < -0.3 is 5.11 Å². The van der Waals surface area contributed by atoms with E-state index in [9.17, 15) is 5.11 Å². The van der Waals surface area contributed by atoms with Gasteiger partial charge in [0, 0.05) is 23.0 Å². The van der Waals surface area contributed by atoms with Gasteiger partial charge in [0.2, 0.25) is 0 Å². The molecule has 3 heteroatoms. The quantitative estimate of drug-likeness (QED) is 0.773. The Bertz CT molecular complexity index is 780. The van der Waals surface area contributed by atoms with Gasteiger partial charge in [-0.1, -0.05) is 41.9 Å². The molecule has 2 aromatic carbocycles. The molecule has 1 heterocycles. The van der Waals surface area contributed by atoms with E-state index in [4.69, 9.17) is 11.6 Å². The molecule has 1 aromatic heterocycles. The Morgan fingerprint density at radius 2 is 1.95 bits per heavy atom. The van der Waals surface area contributed by atoms with Crippen LogP contribution in [-0.4, -0.2) is 10.1 Å². The van der Waals surface area contributed by atoms with Gasteiger partial charge in [0.25, 0.3) is 0 Å². The first-order chi connectivity index (χ1) is 10.1. The summed E-state index contributed by atoms with van der Waals surface area (Å²) in [7, 11) is 0. The van der Waals surface area contributed by atoms with Crippen molar-refractivity contribution >= 4 is 22.5 Å². The average Bonchev–Trinajstić information content (AvgIpc) is 2.47. The maximum atomic E-state index is 10.5. The van der Waals surface area contributed by atoms with Crippen molar-refractivity contribution < 1.29 is 5.11 Å². The van der Waals surface area contributed by atoms with Crippen LogP contribution in [0.5, 0.6) is 0 Å². The molecule has 1 atom stereocenters. The van der Waals surface area contributed by atoms with Crippen molar-refractivity contribution in [2.24, 2.45) is 0 Å². The lowest BCUT2D eigenvalue weighted by Gasteiger charge is -2.14. The normalized spacial score (nSPS) is 12.5. The number of benzene rings is 2. The number of rotatable bonds is 3. The molecule has 0 aliphatic heterocycles. The minimum atomic E-state index is -0.621. The molecule has 0 aliphatic rings. The number of para-hydroxylation sites is 1. The standard InChI is InChI=1S/C18H16ClNO/c1-12-6-7-15(16(19)10-12)18(21)11-13-8-9-20-17-5-3-2-4-14(13)17/h2-10,18,21H,11H2,1H3. The topological polar surface area (TPSA) is 33.1 Å². The summed E-state index contributed by atoms with van der Waals surface area (Å²) >= 11 is 6.24. The maximum Gasteiger partial charge on any atom is 0.0844 e. The Balaban J connectivity index is 1.94. The molecule has 3 rings (SSSR count). The fraction of sp³-hybridized carbons (Fsp3) is 0.167. The third kappa shape index (κ3) is 2.92. The second-order valence-electron chi connectivity index (χ2n) is 5.23. The van der Waals surface area contributed by atoms with Gasteiger partial charge >= 0.3 is 0 Å². The highest BCUT2D eigenvalue weighted by Crippen LogP contribution is 2.28. The van der Waals surface area contributed by atoms with Gasteiger partial charge in [-0.15, -0.1) is 0 Å². The number of halogens is 1. The zero-order valence-electron chi connectivity index (χ0n) is 11.8. The molecule has 0 bridgehead atoms. The van der Waals surface area contributed by atoms with Gasteiger partial charge in [0.15, 0.2) is 0 Å². The molecular formula is C18H16ClNO. The van der Waals surface area contributed by atoms with Crippen molar-refractivity contribution in [3.05, 3.63) is 76.4 Å². The molecule has 21 heavy (non-hydrogen) atoms. The van der Waals surface area contributed by atoms with Crippen molar-refractivity contribution in [2.75, 3.05) is 0 Å². The number of nitrogens with zero attached hydrogens (tertiary/aromatic N) is 1. The molecule has 0 radical (unpaired) electrons. The summed E-state index contributed by atoms with van der Waals surface area (Å²) in [4.78, 5) is 4.34. The third-order valence-electron chi connectivity index (χ3n) is 3.67. The van der Waals surface area contributed by atoms with Crippen LogP contribution in [0.2, 0.25) is 5.02 Å². The summed E-state index contributed by atoms with van der Waals surface area (Å²) in [6.45, 7) is 1.98. The third-order valence-corrected chi connectivity index (χ3v) is 3.99. The minimum absolute atomic E-state index is 0.520. The summed E-state index contributed by atoms with van der Waals surface area (Å²) in [5.41, 5.74) is 3.87. The van der Waals surface area contributed by atoms with Crippen molar-refractivity contribution in [3.8, 4) is 0 Å². The first kappa shape index (κ1) is 14.1. The van der Waals surface area contributed by atoms with Crippen molar-refractivity contribution in [1.29, 1.82) is 0 Å². The minimum Gasteiger partial charge on any atom is -0.388 e. The summed E-state index contributed by atoms with van der Waals surface area (Å²) < 4.78 is 0. The van der Waals surface area contributed by atoms with Crippen LogP contribution in [0.15, 0.2) is 54.7 Å². The molecule has 0 amide bonds. The van der Waals surface area contributed by atoms with Gasteiger partial charge in [-0.2, -0.15) is 0 Å². The Kier molecular flexibility index (Phi) is 3.91. The first-order valence-corrected chi connectivity index (χ1v) is 7.29. The van der Waals surface area contributed by atoms with E-state index in [2.05, 4.69) is 4.98 Å². The lowest BCUT2D eigenvalue weighted by molar-refractivity contribution is 0.179. The van der Waals surface area contributed by atoms with Gasteiger partial charge in [0.1, 0.15) is 0 Å². The number of fused-ring (bicyclic) bond motifs is 1. The lowest BCUT2D eigenvalue weighted by Crippen LogP contribution is -2.03. The zero-order valence-corrected chi connectivity index (χ0v) is 12.5. The summed E-state index contributed by atoms with van der Waals surface area (Å²) in [5.74, 6) is 0. The molecule has 0 aliphatic carbocycles. The Hall–Kier alpha value is -1.90. The molecular weight excluding hydrogens is 282 g/mol. The number of aliphatic hydroxyl groups excluding tert-OH is 1. The molecule has 0 saturated carbocycles. The van der Waals surface area contributed by atoms with E-state index in [1.54, 1.807) is 6.20 Å². The van der Waals surface area contributed by atoms with E-state index in [1.165, 1.54) is 0 Å². The molecule has 2 nitrogen and oxygen atoms in total. The monoisotopic (exact) mass is 297 g/mol. The van der Waals surface area contributed by atoms with Gasteiger partial charge in [-0.05, 0) is 41.8 Å². The van der Waals surface area contributed by atoms with Crippen LogP contribution >= 0.6 is 11.6 Å². The molecule has 1 N–H and O–H groups in total. The summed E-state index contributed by atoms with van der Waals surface area (Å²) in [6, 6.07) is 15.6. The van der Waals surface area contributed by atoms with E-state index in [0.717, 1.165) is 27.6 Å². The Morgan fingerprint density at radius 1 is 1.14 bits per heavy atom. The predicted molar refractivity (Wildman–Crippen MR) is 86.6 cm³/mol. The van der Waals surface area contributed by atoms with Crippen molar-refractivity contribution in [1.82, 2.24) is 4.98 Å². The van der Waals surface area contributed by atoms with E-state index < -0.39 is 6.10 Å². The second-order valence-corrected chi connectivity index (χ2v) is 5.64. The Labute approximate surface area is 129 Å². The Morgan fingerprint density at radius 3 is 2.76 bits per heavy atom. The van der Waals surface area contributed by atoms with Crippen LogP contribution in [0.25, 0.3) is 10.9 Å². The number of aryl methyl sites for hydroxylation is 1. The molecule has 1 unspecified atom stereocenters. The molecule has 3 aromatic rings. The first-order valence-electron chi connectivity index (χ1n) is 6.92. The van der Waals surface area contributed by atoms with E-state index in [-0.39, 0.29) is 0 Å². The van der Waals surface area contributed by atoms with Crippen LogP contribution in [0, 0.1) is 6.92 Å². The summed E-state index contributed by atoms with van der Waals surface area (Å²) in [5, 5.41) is 12.2. The van der Waals surface area contributed by atoms with Gasteiger partial charge in [-0.3, -0.25) is 4.98 Å². The summed E-state index contributed by atoms with van der Waals surface area (Å²) in [6.07, 6.45) is 1.68. The van der Waals surface area contributed by atoms with E-state index in [0.29, 0.717) is 11.4 Å². The molecule has 0 spiro atoms. The maximum absolute atomic E-state index is 10.5. The highest BCUT2D eigenvalue weighted by atomic mass is 35.5. The smallest absolute Gasteiger partial charge is 0.0844 e. The van der Waals surface area contributed by atoms with Gasteiger partial charge in [0.05, 0.1) is 11.6 Å². The van der Waals surface area contributed by atoms with Crippen LogP contribution in [0.4, 0.5) is 0 Å². The lowest BCUT2D eigenvalue weighted by atomic mass is 9.98. The number of pyridine rings is 1. The fourth-order valence-electron chi connectivity index (χ4n) is 2.55. The largest absolute Gasteiger partial charge is 0.388 e. The fourth-order valence-corrected chi connectivity index (χ4v) is 2.91. The van der Waals surface area contributed by atoms with Crippen LogP contribution in [-0.2, 0) is 6.42 Å². The SMILES string of the molecule is Cc1ccc(C(O)Cc2ccnc3ccccc23)c(Cl)c1. The van der Waals surface area contributed by atoms with E-state index in [1.807, 2.05) is 55.5 Å². The zero-order chi connectivity index (χ0) is 14.8. The molecule has 0 saturated heterocycles. The predicted octanol–water partition coefficient (Wildman–Crippen LogP) is 4.47.